The summed E-state index contributed by atoms with van der Waals surface area (Å²) in [5, 5.41) is 20.0. The van der Waals surface area contributed by atoms with E-state index in [2.05, 4.69) is 14.4 Å². The first-order valence-corrected chi connectivity index (χ1v) is 14.3. The van der Waals surface area contributed by atoms with Gasteiger partial charge in [0.15, 0.2) is 0 Å². The van der Waals surface area contributed by atoms with Crippen LogP contribution in [0.5, 0.6) is 5.75 Å². The van der Waals surface area contributed by atoms with Gasteiger partial charge in [-0.2, -0.15) is 0 Å². The Morgan fingerprint density at radius 1 is 0.625 bits per heavy atom. The lowest BCUT2D eigenvalue weighted by Gasteiger charge is -2.10. The summed E-state index contributed by atoms with van der Waals surface area (Å²) in [4.78, 5) is 16.9. The molecule has 1 aromatic heterocycles. The van der Waals surface area contributed by atoms with Crippen LogP contribution in [0, 0.1) is 42.7 Å². The number of rotatable bonds is 3. The maximum Gasteiger partial charge on any atom is 0.573 e. The second kappa shape index (κ2) is 11.1. The van der Waals surface area contributed by atoms with Crippen molar-refractivity contribution in [3.63, 3.8) is 0 Å². The average molecular weight is 631 g/mol. The summed E-state index contributed by atoms with van der Waals surface area (Å²) in [5.41, 5.74) is 8.19. The molecule has 0 N–H and O–H groups in total. The average Bonchev–Trinajstić information content (AvgIpc) is 3.56. The quantitative estimate of drug-likeness (QED) is 0.143. The number of hydrogen-bond acceptors (Lipinski definition) is 5. The molecular formula is C38H17F3N6O. The molecule has 0 atom stereocenters. The minimum absolute atomic E-state index is 0.147. The summed E-state index contributed by atoms with van der Waals surface area (Å²) < 4.78 is 42.0. The SMILES string of the molecule is [C-]#[N+]/C(C#N)=C1/c2cc(-c3ccc(OC(F)(F)F)cc3)ccc2-c2nc3c(nc21)-c1ccc(-c2ccc(C)cc2)cc1/C3=C(/C#N)[N+]#[C-]. The maximum absolute atomic E-state index is 12.7. The predicted molar refractivity (Wildman–Crippen MR) is 172 cm³/mol. The molecular weight excluding hydrogens is 613 g/mol. The molecule has 226 valence electrons. The van der Waals surface area contributed by atoms with Gasteiger partial charge in [-0.1, -0.05) is 66.2 Å². The molecule has 0 fully saturated rings. The second-order valence-electron chi connectivity index (χ2n) is 11.0. The third-order valence-corrected chi connectivity index (χ3v) is 8.17. The van der Waals surface area contributed by atoms with Crippen molar-refractivity contribution in [2.45, 2.75) is 13.3 Å². The second-order valence-corrected chi connectivity index (χ2v) is 11.0. The van der Waals surface area contributed by atoms with Gasteiger partial charge < -0.3 is 4.74 Å². The molecule has 0 saturated carbocycles. The molecule has 48 heavy (non-hydrogen) atoms. The number of alkyl halides is 3. The number of halogens is 3. The van der Waals surface area contributed by atoms with Gasteiger partial charge >= 0.3 is 6.36 Å². The van der Waals surface area contributed by atoms with Crippen molar-refractivity contribution < 1.29 is 17.9 Å². The van der Waals surface area contributed by atoms with Gasteiger partial charge in [-0.3, -0.25) is 0 Å². The lowest BCUT2D eigenvalue weighted by Crippen LogP contribution is -2.16. The highest BCUT2D eigenvalue weighted by Crippen LogP contribution is 2.51. The normalized spacial score (nSPS) is 14.2. The Kier molecular flexibility index (Phi) is 6.87. The maximum atomic E-state index is 12.7. The Bertz CT molecular complexity index is 2420. The van der Waals surface area contributed by atoms with Crippen molar-refractivity contribution in [3.05, 3.63) is 147 Å². The van der Waals surface area contributed by atoms with Crippen molar-refractivity contribution in [1.29, 1.82) is 10.5 Å². The van der Waals surface area contributed by atoms with E-state index < -0.39 is 6.36 Å². The molecule has 1 heterocycles. The van der Waals surface area contributed by atoms with Gasteiger partial charge in [-0.25, -0.2) is 30.2 Å². The fraction of sp³-hybridized carbons (Fsp3) is 0.0526. The molecule has 10 heteroatoms. The standard InChI is InChI=1S/C38H17F3N6O/c1-20-4-6-21(7-5-20)23-10-14-26-28(16-23)32(30(18-42)44-2)36-34(26)46-37-33(31(19-43)45-3)29-17-24(11-15-27(29)35(37)47-36)22-8-12-25(13-9-22)48-38(39,40)41/h4-17H,1H3/b32-30+,33-31-. The summed E-state index contributed by atoms with van der Waals surface area (Å²) in [5.74, 6) is -0.366. The number of ether oxygens (including phenoxy) is 1. The highest BCUT2D eigenvalue weighted by Gasteiger charge is 2.36. The van der Waals surface area contributed by atoms with Gasteiger partial charge in [-0.15, -0.1) is 13.2 Å². The molecule has 7 nitrogen and oxygen atoms in total. The molecule has 0 amide bonds. The number of nitrogens with zero attached hydrogens (tertiary/aromatic N) is 6. The Morgan fingerprint density at radius 3 is 1.44 bits per heavy atom. The van der Waals surface area contributed by atoms with Crippen LogP contribution in [0.1, 0.15) is 28.1 Å². The topological polar surface area (TPSA) is 91.3 Å². The van der Waals surface area contributed by atoms with Crippen molar-refractivity contribution >= 4 is 11.1 Å². The molecule has 0 saturated heterocycles. The summed E-state index contributed by atoms with van der Waals surface area (Å²) >= 11 is 0. The molecule has 4 aromatic carbocycles. The molecule has 0 radical (unpaired) electrons. The molecule has 2 aliphatic carbocycles. The Hall–Kier alpha value is -7.01. The highest BCUT2D eigenvalue weighted by atomic mass is 19.4. The smallest absolute Gasteiger partial charge is 0.406 e. The number of nitriles is 2. The number of aromatic nitrogens is 2. The van der Waals surface area contributed by atoms with Crippen LogP contribution >= 0.6 is 0 Å². The van der Waals surface area contributed by atoms with E-state index in [1.807, 2.05) is 61.5 Å². The van der Waals surface area contributed by atoms with Crippen LogP contribution in [-0.4, -0.2) is 16.3 Å². The number of allylic oxidation sites excluding steroid dienone is 2. The fourth-order valence-electron chi connectivity index (χ4n) is 6.04. The van der Waals surface area contributed by atoms with E-state index in [0.717, 1.165) is 16.7 Å². The Balaban J connectivity index is 1.41. The van der Waals surface area contributed by atoms with Crippen LogP contribution < -0.4 is 4.74 Å². The third-order valence-electron chi connectivity index (χ3n) is 8.17. The van der Waals surface area contributed by atoms with Crippen molar-refractivity contribution in [1.82, 2.24) is 9.97 Å². The Morgan fingerprint density at radius 2 is 1.04 bits per heavy atom. The highest BCUT2D eigenvalue weighted by molar-refractivity contribution is 6.07. The van der Waals surface area contributed by atoms with Crippen LogP contribution in [0.4, 0.5) is 13.2 Å². The molecule has 0 unspecified atom stereocenters. The molecule has 5 aromatic rings. The summed E-state index contributed by atoms with van der Waals surface area (Å²) in [6.45, 7) is 17.5. The van der Waals surface area contributed by atoms with E-state index in [1.54, 1.807) is 18.2 Å². The summed E-state index contributed by atoms with van der Waals surface area (Å²) in [6.07, 6.45) is -4.82. The Labute approximate surface area is 272 Å². The summed E-state index contributed by atoms with van der Waals surface area (Å²) in [7, 11) is 0. The van der Waals surface area contributed by atoms with Crippen molar-refractivity contribution in [2.75, 3.05) is 0 Å². The zero-order valence-corrected chi connectivity index (χ0v) is 24.8. The van der Waals surface area contributed by atoms with E-state index >= 15 is 0 Å². The van der Waals surface area contributed by atoms with Gasteiger partial charge in [0.25, 0.3) is 11.4 Å². The van der Waals surface area contributed by atoms with Crippen LogP contribution in [0.3, 0.4) is 0 Å². The lowest BCUT2D eigenvalue weighted by molar-refractivity contribution is -0.274. The summed E-state index contributed by atoms with van der Waals surface area (Å²) in [6, 6.07) is 28.3. The molecule has 0 aliphatic heterocycles. The van der Waals surface area contributed by atoms with Gasteiger partial charge in [0, 0.05) is 22.3 Å². The number of hydrogen-bond donors (Lipinski definition) is 0. The first kappa shape index (κ1) is 29.7. The molecule has 7 rings (SSSR count). The molecule has 2 aliphatic rings. The van der Waals surface area contributed by atoms with E-state index in [-0.39, 0.29) is 22.7 Å². The van der Waals surface area contributed by atoms with Gasteiger partial charge in [0.1, 0.15) is 5.75 Å². The fourth-order valence-corrected chi connectivity index (χ4v) is 6.04. The van der Waals surface area contributed by atoms with Crippen LogP contribution in [0.25, 0.3) is 65.6 Å². The van der Waals surface area contributed by atoms with E-state index in [4.69, 9.17) is 23.1 Å². The third kappa shape index (κ3) is 4.83. The van der Waals surface area contributed by atoms with E-state index in [1.165, 1.54) is 24.3 Å². The van der Waals surface area contributed by atoms with Gasteiger partial charge in [0.2, 0.25) is 0 Å². The van der Waals surface area contributed by atoms with Gasteiger partial charge in [0.05, 0.1) is 48.1 Å². The zero-order chi connectivity index (χ0) is 33.7. The first-order valence-electron chi connectivity index (χ1n) is 14.3. The number of fused-ring (bicyclic) bond motifs is 6. The zero-order valence-electron chi connectivity index (χ0n) is 24.8. The van der Waals surface area contributed by atoms with Gasteiger partial charge in [-0.05, 0) is 64.6 Å². The van der Waals surface area contributed by atoms with Crippen molar-refractivity contribution in [2.24, 2.45) is 0 Å². The van der Waals surface area contributed by atoms with E-state index in [9.17, 15) is 23.7 Å². The molecule has 0 bridgehead atoms. The first-order chi connectivity index (χ1) is 23.1. The minimum Gasteiger partial charge on any atom is -0.406 e. The van der Waals surface area contributed by atoms with Crippen LogP contribution in [0.2, 0.25) is 0 Å². The predicted octanol–water partition coefficient (Wildman–Crippen LogP) is 9.38. The minimum atomic E-state index is -4.82. The number of aryl methyl sites for hydroxylation is 1. The lowest BCUT2D eigenvalue weighted by atomic mass is 9.97. The largest absolute Gasteiger partial charge is 0.573 e. The van der Waals surface area contributed by atoms with Crippen molar-refractivity contribution in [3.8, 4) is 62.7 Å². The monoisotopic (exact) mass is 630 g/mol. The van der Waals surface area contributed by atoms with Crippen LogP contribution in [0.15, 0.2) is 96.3 Å². The number of benzene rings is 4. The van der Waals surface area contributed by atoms with Crippen LogP contribution in [-0.2, 0) is 0 Å². The molecule has 0 spiro atoms. The van der Waals surface area contributed by atoms with E-state index in [0.29, 0.717) is 61.7 Å².